The van der Waals surface area contributed by atoms with Crippen molar-refractivity contribution < 1.29 is 0 Å². The SMILES string of the molecule is CNC(c1ccc2c(c1)CCC2)c1cc(C)c(Cl)cc1C. The number of benzene rings is 2. The number of hydrogen-bond acceptors (Lipinski definition) is 1. The van der Waals surface area contributed by atoms with E-state index in [1.54, 1.807) is 0 Å². The second-order valence-corrected chi connectivity index (χ2v) is 6.47. The van der Waals surface area contributed by atoms with Crippen molar-refractivity contribution in [3.8, 4) is 0 Å². The van der Waals surface area contributed by atoms with Crippen molar-refractivity contribution in [2.24, 2.45) is 0 Å². The molecule has 0 aliphatic heterocycles. The van der Waals surface area contributed by atoms with Gasteiger partial charge in [0.2, 0.25) is 0 Å². The molecule has 2 aromatic carbocycles. The number of rotatable bonds is 3. The first kappa shape index (κ1) is 14.6. The van der Waals surface area contributed by atoms with Gasteiger partial charge in [-0.05, 0) is 79.6 Å². The average molecular weight is 300 g/mol. The minimum atomic E-state index is 0.229. The summed E-state index contributed by atoms with van der Waals surface area (Å²) in [6, 6.07) is 11.5. The Morgan fingerprint density at radius 2 is 1.76 bits per heavy atom. The molecular weight excluding hydrogens is 278 g/mol. The van der Waals surface area contributed by atoms with E-state index in [2.05, 4.69) is 49.5 Å². The summed E-state index contributed by atoms with van der Waals surface area (Å²) in [5, 5.41) is 4.32. The molecule has 1 atom stereocenters. The maximum absolute atomic E-state index is 6.24. The Balaban J connectivity index is 2.04. The van der Waals surface area contributed by atoms with Crippen molar-refractivity contribution >= 4 is 11.6 Å². The molecule has 110 valence electrons. The van der Waals surface area contributed by atoms with Gasteiger partial charge in [0.05, 0.1) is 6.04 Å². The normalized spacial score (nSPS) is 15.0. The molecule has 0 saturated heterocycles. The van der Waals surface area contributed by atoms with Gasteiger partial charge < -0.3 is 5.32 Å². The molecule has 2 aromatic rings. The van der Waals surface area contributed by atoms with E-state index in [1.807, 2.05) is 7.05 Å². The van der Waals surface area contributed by atoms with Crippen LogP contribution in [0.15, 0.2) is 30.3 Å². The topological polar surface area (TPSA) is 12.0 Å². The fraction of sp³-hybridized carbons (Fsp3) is 0.368. The molecule has 0 fully saturated rings. The van der Waals surface area contributed by atoms with Crippen LogP contribution in [0.1, 0.15) is 45.8 Å². The summed E-state index contributed by atoms with van der Waals surface area (Å²) in [5.74, 6) is 0. The minimum Gasteiger partial charge on any atom is -0.309 e. The summed E-state index contributed by atoms with van der Waals surface area (Å²) in [6.45, 7) is 4.21. The van der Waals surface area contributed by atoms with E-state index in [1.165, 1.54) is 47.1 Å². The standard InChI is InChI=1S/C19H22ClN/c1-12-10-18(20)13(2)9-17(12)19(21-3)16-8-7-14-5-4-6-15(14)11-16/h7-11,19,21H,4-6H2,1-3H3. The molecule has 0 heterocycles. The van der Waals surface area contributed by atoms with Gasteiger partial charge in [-0.3, -0.25) is 0 Å². The van der Waals surface area contributed by atoms with Gasteiger partial charge in [-0.1, -0.05) is 35.9 Å². The van der Waals surface area contributed by atoms with Crippen molar-refractivity contribution in [2.45, 2.75) is 39.2 Å². The van der Waals surface area contributed by atoms with Gasteiger partial charge in [0, 0.05) is 5.02 Å². The Bertz CT molecular complexity index is 676. The molecule has 1 aliphatic carbocycles. The summed E-state index contributed by atoms with van der Waals surface area (Å²) in [4.78, 5) is 0. The molecule has 3 rings (SSSR count). The van der Waals surface area contributed by atoms with Crippen LogP contribution in [0, 0.1) is 13.8 Å². The van der Waals surface area contributed by atoms with E-state index in [4.69, 9.17) is 11.6 Å². The van der Waals surface area contributed by atoms with Crippen LogP contribution in [-0.4, -0.2) is 7.05 Å². The molecule has 0 saturated carbocycles. The van der Waals surface area contributed by atoms with Crippen LogP contribution in [0.25, 0.3) is 0 Å². The predicted octanol–water partition coefficient (Wildman–Crippen LogP) is 4.75. The van der Waals surface area contributed by atoms with Gasteiger partial charge in [0.15, 0.2) is 0 Å². The number of aryl methyl sites for hydroxylation is 4. The lowest BCUT2D eigenvalue weighted by atomic mass is 9.92. The first-order valence-corrected chi connectivity index (χ1v) is 8.03. The second-order valence-electron chi connectivity index (χ2n) is 6.06. The molecule has 0 amide bonds. The first-order valence-electron chi connectivity index (χ1n) is 7.65. The Morgan fingerprint density at radius 1 is 1.00 bits per heavy atom. The maximum Gasteiger partial charge on any atom is 0.0577 e. The van der Waals surface area contributed by atoms with E-state index in [-0.39, 0.29) is 6.04 Å². The smallest absolute Gasteiger partial charge is 0.0577 e. The first-order chi connectivity index (χ1) is 10.1. The van der Waals surface area contributed by atoms with E-state index < -0.39 is 0 Å². The fourth-order valence-corrected chi connectivity index (χ4v) is 3.61. The fourth-order valence-electron chi connectivity index (χ4n) is 3.39. The lowest BCUT2D eigenvalue weighted by molar-refractivity contribution is 0.686. The van der Waals surface area contributed by atoms with E-state index >= 15 is 0 Å². The van der Waals surface area contributed by atoms with Crippen molar-refractivity contribution in [1.82, 2.24) is 5.32 Å². The van der Waals surface area contributed by atoms with Gasteiger partial charge in [-0.15, -0.1) is 0 Å². The summed E-state index contributed by atoms with van der Waals surface area (Å²) >= 11 is 6.24. The van der Waals surface area contributed by atoms with E-state index in [0.29, 0.717) is 0 Å². The van der Waals surface area contributed by atoms with Crippen LogP contribution in [0.4, 0.5) is 0 Å². The molecule has 1 N–H and O–H groups in total. The molecule has 1 unspecified atom stereocenters. The highest BCUT2D eigenvalue weighted by Crippen LogP contribution is 2.31. The zero-order valence-electron chi connectivity index (χ0n) is 13.0. The third-order valence-corrected chi connectivity index (χ3v) is 5.01. The lowest BCUT2D eigenvalue weighted by Crippen LogP contribution is -2.19. The van der Waals surface area contributed by atoms with E-state index in [9.17, 15) is 0 Å². The Kier molecular flexibility index (Phi) is 4.05. The highest BCUT2D eigenvalue weighted by atomic mass is 35.5. The maximum atomic E-state index is 6.24. The second kappa shape index (κ2) is 5.82. The molecule has 1 nitrogen and oxygen atoms in total. The molecule has 0 spiro atoms. The average Bonchev–Trinajstić information content (AvgIpc) is 2.92. The quantitative estimate of drug-likeness (QED) is 0.862. The number of hydrogen-bond donors (Lipinski definition) is 1. The van der Waals surface area contributed by atoms with Crippen LogP contribution >= 0.6 is 11.6 Å². The third kappa shape index (κ3) is 2.73. The van der Waals surface area contributed by atoms with Crippen LogP contribution in [0.5, 0.6) is 0 Å². The number of halogens is 1. The highest BCUT2D eigenvalue weighted by Gasteiger charge is 2.18. The summed E-state index contributed by atoms with van der Waals surface area (Å²) in [5.41, 5.74) is 8.10. The third-order valence-electron chi connectivity index (χ3n) is 4.60. The Labute approximate surface area is 132 Å². The van der Waals surface area contributed by atoms with Crippen LogP contribution in [0.2, 0.25) is 5.02 Å². The summed E-state index contributed by atoms with van der Waals surface area (Å²) in [7, 11) is 2.03. The Hall–Kier alpha value is -1.31. The van der Waals surface area contributed by atoms with Crippen molar-refractivity contribution in [2.75, 3.05) is 7.05 Å². The van der Waals surface area contributed by atoms with Gasteiger partial charge >= 0.3 is 0 Å². The predicted molar refractivity (Wildman–Crippen MR) is 90.3 cm³/mol. The van der Waals surface area contributed by atoms with Gasteiger partial charge in [-0.2, -0.15) is 0 Å². The Morgan fingerprint density at radius 3 is 2.52 bits per heavy atom. The van der Waals surface area contributed by atoms with Crippen LogP contribution in [0.3, 0.4) is 0 Å². The summed E-state index contributed by atoms with van der Waals surface area (Å²) < 4.78 is 0. The highest BCUT2D eigenvalue weighted by molar-refractivity contribution is 6.31. The van der Waals surface area contributed by atoms with Gasteiger partial charge in [0.25, 0.3) is 0 Å². The lowest BCUT2D eigenvalue weighted by Gasteiger charge is -2.21. The number of nitrogens with one attached hydrogen (secondary N) is 1. The van der Waals surface area contributed by atoms with Crippen LogP contribution in [-0.2, 0) is 12.8 Å². The zero-order chi connectivity index (χ0) is 15.0. The summed E-state index contributed by atoms with van der Waals surface area (Å²) in [6.07, 6.45) is 3.75. The molecule has 2 heteroatoms. The molecule has 1 aliphatic rings. The van der Waals surface area contributed by atoms with E-state index in [0.717, 1.165) is 10.6 Å². The zero-order valence-corrected chi connectivity index (χ0v) is 13.7. The molecule has 0 radical (unpaired) electrons. The van der Waals surface area contributed by atoms with Crippen molar-refractivity contribution in [1.29, 1.82) is 0 Å². The van der Waals surface area contributed by atoms with Crippen molar-refractivity contribution in [3.63, 3.8) is 0 Å². The van der Waals surface area contributed by atoms with Gasteiger partial charge in [0.1, 0.15) is 0 Å². The largest absolute Gasteiger partial charge is 0.309 e. The monoisotopic (exact) mass is 299 g/mol. The molecule has 0 aromatic heterocycles. The van der Waals surface area contributed by atoms with Gasteiger partial charge in [-0.25, -0.2) is 0 Å². The minimum absolute atomic E-state index is 0.229. The van der Waals surface area contributed by atoms with Crippen molar-refractivity contribution in [3.05, 3.63) is 68.7 Å². The molecule has 0 bridgehead atoms. The molecule has 21 heavy (non-hydrogen) atoms. The molecular formula is C19H22ClN. The van der Waals surface area contributed by atoms with Crippen LogP contribution < -0.4 is 5.32 Å². The number of fused-ring (bicyclic) bond motifs is 1.